The number of aryl methyl sites for hydroxylation is 1. The standard InChI is InChI=1S/C16H18BrN5O/c1-10(8-23)15(12-3-5-13(17)6-4-12)21-14-7-11(2)20-16-18-9-19-22(14)16/h3-7,9-10,15,21,23H,8H2,1-2H3/t10-,15-/m0/s1. The van der Waals surface area contributed by atoms with Gasteiger partial charge in [0.2, 0.25) is 0 Å². The molecule has 1 aromatic carbocycles. The van der Waals surface area contributed by atoms with E-state index in [0.29, 0.717) is 5.78 Å². The van der Waals surface area contributed by atoms with Gasteiger partial charge in [-0.3, -0.25) is 0 Å². The number of hydrogen-bond donors (Lipinski definition) is 2. The number of fused-ring (bicyclic) bond motifs is 1. The molecular formula is C16H18BrN5O. The second-order valence-electron chi connectivity index (χ2n) is 5.59. The molecule has 2 heterocycles. The third kappa shape index (κ3) is 3.35. The van der Waals surface area contributed by atoms with Crippen molar-refractivity contribution in [3.63, 3.8) is 0 Å². The monoisotopic (exact) mass is 375 g/mol. The lowest BCUT2D eigenvalue weighted by Gasteiger charge is -2.25. The Hall–Kier alpha value is -1.99. The van der Waals surface area contributed by atoms with Crippen LogP contribution in [-0.2, 0) is 0 Å². The molecule has 2 N–H and O–H groups in total. The summed E-state index contributed by atoms with van der Waals surface area (Å²) in [4.78, 5) is 8.49. The number of nitrogens with one attached hydrogen (secondary N) is 1. The fourth-order valence-electron chi connectivity index (χ4n) is 2.52. The second-order valence-corrected chi connectivity index (χ2v) is 6.50. The zero-order valence-electron chi connectivity index (χ0n) is 12.9. The molecule has 2 atom stereocenters. The zero-order chi connectivity index (χ0) is 16.4. The van der Waals surface area contributed by atoms with Crippen molar-refractivity contribution in [3.05, 3.63) is 52.4 Å². The SMILES string of the molecule is Cc1cc(N[C@H](c2ccc(Br)cc2)[C@@H](C)CO)n2ncnc2n1. The van der Waals surface area contributed by atoms with Crippen molar-refractivity contribution in [1.82, 2.24) is 19.6 Å². The van der Waals surface area contributed by atoms with Gasteiger partial charge in [0.05, 0.1) is 6.04 Å². The molecule has 120 valence electrons. The zero-order valence-corrected chi connectivity index (χ0v) is 14.5. The highest BCUT2D eigenvalue weighted by Gasteiger charge is 2.20. The Morgan fingerprint density at radius 3 is 2.74 bits per heavy atom. The fraction of sp³-hybridized carbons (Fsp3) is 0.312. The molecule has 0 saturated heterocycles. The number of aliphatic hydroxyl groups is 1. The summed E-state index contributed by atoms with van der Waals surface area (Å²) in [6, 6.07) is 9.95. The third-order valence-electron chi connectivity index (χ3n) is 3.77. The molecule has 3 rings (SSSR count). The van der Waals surface area contributed by atoms with Crippen LogP contribution in [0.4, 0.5) is 5.82 Å². The van der Waals surface area contributed by atoms with Crippen LogP contribution in [0.15, 0.2) is 41.1 Å². The van der Waals surface area contributed by atoms with Gasteiger partial charge in [0.15, 0.2) is 0 Å². The van der Waals surface area contributed by atoms with Crippen molar-refractivity contribution in [2.45, 2.75) is 19.9 Å². The van der Waals surface area contributed by atoms with Gasteiger partial charge in [-0.05, 0) is 24.6 Å². The molecule has 0 bridgehead atoms. The number of nitrogens with zero attached hydrogens (tertiary/aromatic N) is 4. The van der Waals surface area contributed by atoms with Crippen LogP contribution >= 0.6 is 15.9 Å². The molecule has 2 aromatic heterocycles. The molecule has 0 aliphatic rings. The first kappa shape index (κ1) is 15.9. The van der Waals surface area contributed by atoms with Crippen LogP contribution < -0.4 is 5.32 Å². The molecule has 0 fully saturated rings. The molecule has 0 aliphatic heterocycles. The first-order valence-corrected chi connectivity index (χ1v) is 8.18. The molecular weight excluding hydrogens is 358 g/mol. The predicted molar refractivity (Wildman–Crippen MR) is 92.3 cm³/mol. The summed E-state index contributed by atoms with van der Waals surface area (Å²) in [7, 11) is 0. The van der Waals surface area contributed by atoms with E-state index in [1.165, 1.54) is 6.33 Å². The van der Waals surface area contributed by atoms with Gasteiger partial charge in [-0.2, -0.15) is 14.6 Å². The lowest BCUT2D eigenvalue weighted by Crippen LogP contribution is -2.23. The Morgan fingerprint density at radius 2 is 2.04 bits per heavy atom. The van der Waals surface area contributed by atoms with Crippen LogP contribution in [0.2, 0.25) is 0 Å². The first-order chi connectivity index (χ1) is 11.1. The Labute approximate surface area is 142 Å². The van der Waals surface area contributed by atoms with Gasteiger partial charge in [-0.15, -0.1) is 0 Å². The van der Waals surface area contributed by atoms with Crippen molar-refractivity contribution < 1.29 is 5.11 Å². The number of hydrogen-bond acceptors (Lipinski definition) is 5. The maximum Gasteiger partial charge on any atom is 0.254 e. The van der Waals surface area contributed by atoms with Crippen molar-refractivity contribution >= 4 is 27.5 Å². The van der Waals surface area contributed by atoms with Gasteiger partial charge in [-0.25, -0.2) is 4.98 Å². The van der Waals surface area contributed by atoms with Crippen molar-refractivity contribution in [3.8, 4) is 0 Å². The van der Waals surface area contributed by atoms with E-state index in [1.807, 2.05) is 44.2 Å². The summed E-state index contributed by atoms with van der Waals surface area (Å²) in [5.41, 5.74) is 1.96. The lowest BCUT2D eigenvalue weighted by molar-refractivity contribution is 0.222. The highest BCUT2D eigenvalue weighted by molar-refractivity contribution is 9.10. The molecule has 23 heavy (non-hydrogen) atoms. The van der Waals surface area contributed by atoms with E-state index in [9.17, 15) is 5.11 Å². The quantitative estimate of drug-likeness (QED) is 0.716. The van der Waals surface area contributed by atoms with E-state index in [1.54, 1.807) is 4.52 Å². The average molecular weight is 376 g/mol. The molecule has 3 aromatic rings. The second kappa shape index (κ2) is 6.64. The molecule has 0 radical (unpaired) electrons. The topological polar surface area (TPSA) is 75.3 Å². The number of benzene rings is 1. The van der Waals surface area contributed by atoms with E-state index in [2.05, 4.69) is 36.3 Å². The Bertz CT molecular complexity index is 802. The van der Waals surface area contributed by atoms with E-state index < -0.39 is 0 Å². The van der Waals surface area contributed by atoms with Crippen LogP contribution in [0.3, 0.4) is 0 Å². The largest absolute Gasteiger partial charge is 0.396 e. The summed E-state index contributed by atoms with van der Waals surface area (Å²) >= 11 is 3.45. The van der Waals surface area contributed by atoms with Gasteiger partial charge >= 0.3 is 0 Å². The summed E-state index contributed by atoms with van der Waals surface area (Å²) in [5, 5.41) is 17.3. The molecule has 0 spiro atoms. The van der Waals surface area contributed by atoms with E-state index >= 15 is 0 Å². The molecule has 0 saturated carbocycles. The summed E-state index contributed by atoms with van der Waals surface area (Å²) in [6.45, 7) is 4.01. The Morgan fingerprint density at radius 1 is 1.30 bits per heavy atom. The molecule has 0 unspecified atom stereocenters. The number of rotatable bonds is 5. The molecule has 6 nitrogen and oxygen atoms in total. The van der Waals surface area contributed by atoms with Crippen LogP contribution in [0.25, 0.3) is 5.78 Å². The number of aromatic nitrogens is 4. The summed E-state index contributed by atoms with van der Waals surface area (Å²) in [5.74, 6) is 1.39. The third-order valence-corrected chi connectivity index (χ3v) is 4.30. The van der Waals surface area contributed by atoms with E-state index in [-0.39, 0.29) is 18.6 Å². The van der Waals surface area contributed by atoms with Gasteiger partial charge in [0.25, 0.3) is 5.78 Å². The minimum Gasteiger partial charge on any atom is -0.396 e. The van der Waals surface area contributed by atoms with Crippen LogP contribution in [0, 0.1) is 12.8 Å². The molecule has 0 amide bonds. The Kier molecular flexibility index (Phi) is 4.58. The summed E-state index contributed by atoms with van der Waals surface area (Å²) < 4.78 is 2.69. The van der Waals surface area contributed by atoms with E-state index in [4.69, 9.17) is 0 Å². The van der Waals surface area contributed by atoms with Crippen molar-refractivity contribution in [2.24, 2.45) is 5.92 Å². The van der Waals surface area contributed by atoms with E-state index in [0.717, 1.165) is 21.5 Å². The minimum absolute atomic E-state index is 0.0308. The van der Waals surface area contributed by atoms with Crippen LogP contribution in [0.1, 0.15) is 24.2 Å². The molecule has 7 heteroatoms. The van der Waals surface area contributed by atoms with Gasteiger partial charge < -0.3 is 10.4 Å². The van der Waals surface area contributed by atoms with Gasteiger partial charge in [0.1, 0.15) is 12.1 Å². The number of halogens is 1. The van der Waals surface area contributed by atoms with Gasteiger partial charge in [-0.1, -0.05) is 35.0 Å². The summed E-state index contributed by atoms with van der Waals surface area (Å²) in [6.07, 6.45) is 1.48. The highest BCUT2D eigenvalue weighted by Crippen LogP contribution is 2.28. The smallest absolute Gasteiger partial charge is 0.254 e. The van der Waals surface area contributed by atoms with Crippen molar-refractivity contribution in [1.29, 1.82) is 0 Å². The van der Waals surface area contributed by atoms with Gasteiger partial charge in [0, 0.05) is 28.8 Å². The number of anilines is 1. The first-order valence-electron chi connectivity index (χ1n) is 7.38. The van der Waals surface area contributed by atoms with Crippen LogP contribution in [0.5, 0.6) is 0 Å². The number of aliphatic hydroxyl groups excluding tert-OH is 1. The normalized spacial score (nSPS) is 13.9. The maximum absolute atomic E-state index is 9.63. The van der Waals surface area contributed by atoms with Crippen LogP contribution in [-0.4, -0.2) is 31.3 Å². The minimum atomic E-state index is -0.0534. The Balaban J connectivity index is 2.00. The lowest BCUT2D eigenvalue weighted by atomic mass is 9.95. The molecule has 0 aliphatic carbocycles. The van der Waals surface area contributed by atoms with Crippen molar-refractivity contribution in [2.75, 3.05) is 11.9 Å². The predicted octanol–water partition coefficient (Wildman–Crippen LogP) is 2.98. The maximum atomic E-state index is 9.63. The highest BCUT2D eigenvalue weighted by atomic mass is 79.9. The fourth-order valence-corrected chi connectivity index (χ4v) is 2.79. The average Bonchev–Trinajstić information content (AvgIpc) is 3.01.